The van der Waals surface area contributed by atoms with Crippen LogP contribution in [0.25, 0.3) is 0 Å². The number of carbonyl (C=O) groups excluding carboxylic acids is 2. The van der Waals surface area contributed by atoms with E-state index in [1.165, 1.54) is 11.0 Å². The standard InChI is InChI=1S/C12H20N4O3/c1-6-19-10(18)8(12(2,3)4)9(17)15-11-13-7-14-16(11)5/h7-8H,6H2,1-5H3,(H,13,14,15,17). The third kappa shape index (κ3) is 3.77. The van der Waals surface area contributed by atoms with Gasteiger partial charge < -0.3 is 4.74 Å². The van der Waals surface area contributed by atoms with Crippen LogP contribution in [0.5, 0.6) is 0 Å². The van der Waals surface area contributed by atoms with Gasteiger partial charge in [-0.05, 0) is 12.3 Å². The zero-order chi connectivity index (χ0) is 14.6. The van der Waals surface area contributed by atoms with Crippen LogP contribution >= 0.6 is 0 Å². The van der Waals surface area contributed by atoms with Crippen molar-refractivity contribution in [2.45, 2.75) is 27.7 Å². The lowest BCUT2D eigenvalue weighted by molar-refractivity contribution is -0.155. The average molecular weight is 268 g/mol. The summed E-state index contributed by atoms with van der Waals surface area (Å²) in [5.41, 5.74) is -0.547. The van der Waals surface area contributed by atoms with Crippen molar-refractivity contribution in [3.05, 3.63) is 6.33 Å². The number of aromatic nitrogens is 3. The SMILES string of the molecule is CCOC(=O)C(C(=O)Nc1ncnn1C)C(C)(C)C. The van der Waals surface area contributed by atoms with Gasteiger partial charge in [0.25, 0.3) is 0 Å². The summed E-state index contributed by atoms with van der Waals surface area (Å²) in [5, 5.41) is 6.43. The average Bonchev–Trinajstić information content (AvgIpc) is 2.62. The van der Waals surface area contributed by atoms with E-state index in [-0.39, 0.29) is 6.61 Å². The first-order valence-corrected chi connectivity index (χ1v) is 6.09. The molecule has 1 N–H and O–H groups in total. The molecule has 106 valence electrons. The van der Waals surface area contributed by atoms with Gasteiger partial charge in [-0.15, -0.1) is 0 Å². The molecule has 1 amide bonds. The van der Waals surface area contributed by atoms with Gasteiger partial charge >= 0.3 is 5.97 Å². The molecule has 1 aromatic heterocycles. The molecule has 7 nitrogen and oxygen atoms in total. The lowest BCUT2D eigenvalue weighted by Gasteiger charge is -2.27. The molecule has 19 heavy (non-hydrogen) atoms. The molecule has 1 atom stereocenters. The summed E-state index contributed by atoms with van der Waals surface area (Å²) < 4.78 is 6.38. The van der Waals surface area contributed by atoms with E-state index in [1.54, 1.807) is 14.0 Å². The number of rotatable bonds is 4. The van der Waals surface area contributed by atoms with Gasteiger partial charge in [-0.3, -0.25) is 14.9 Å². The summed E-state index contributed by atoms with van der Waals surface area (Å²) in [6.45, 7) is 7.38. The number of nitrogens with zero attached hydrogens (tertiary/aromatic N) is 3. The summed E-state index contributed by atoms with van der Waals surface area (Å²) in [6, 6.07) is 0. The van der Waals surface area contributed by atoms with Gasteiger partial charge in [0.05, 0.1) is 6.61 Å². The molecule has 0 radical (unpaired) electrons. The summed E-state index contributed by atoms with van der Waals surface area (Å²) in [7, 11) is 1.65. The number of aryl methyl sites for hydroxylation is 1. The van der Waals surface area contributed by atoms with Gasteiger partial charge in [0, 0.05) is 7.05 Å². The molecule has 1 heterocycles. The highest BCUT2D eigenvalue weighted by Crippen LogP contribution is 2.28. The number of carbonyl (C=O) groups is 2. The third-order valence-electron chi connectivity index (χ3n) is 2.60. The smallest absolute Gasteiger partial charge is 0.319 e. The van der Waals surface area contributed by atoms with E-state index in [9.17, 15) is 9.59 Å². The van der Waals surface area contributed by atoms with E-state index in [2.05, 4.69) is 15.4 Å². The van der Waals surface area contributed by atoms with Crippen LogP contribution in [-0.4, -0.2) is 33.2 Å². The normalized spacial score (nSPS) is 12.9. The molecule has 0 aliphatic heterocycles. The number of hydrogen-bond donors (Lipinski definition) is 1. The van der Waals surface area contributed by atoms with Crippen molar-refractivity contribution in [1.82, 2.24) is 14.8 Å². The second kappa shape index (κ2) is 5.81. The lowest BCUT2D eigenvalue weighted by atomic mass is 9.80. The largest absolute Gasteiger partial charge is 0.465 e. The molecule has 1 rings (SSSR count). The fourth-order valence-electron chi connectivity index (χ4n) is 1.67. The molecule has 0 saturated carbocycles. The number of amides is 1. The highest BCUT2D eigenvalue weighted by atomic mass is 16.5. The minimum atomic E-state index is -0.899. The third-order valence-corrected chi connectivity index (χ3v) is 2.60. The molecule has 1 unspecified atom stereocenters. The van der Waals surface area contributed by atoms with E-state index >= 15 is 0 Å². The Morgan fingerprint density at radius 1 is 1.47 bits per heavy atom. The van der Waals surface area contributed by atoms with Crippen molar-refractivity contribution in [3.63, 3.8) is 0 Å². The maximum atomic E-state index is 12.2. The Morgan fingerprint density at radius 3 is 2.53 bits per heavy atom. The predicted molar refractivity (Wildman–Crippen MR) is 69.2 cm³/mol. The molecule has 0 aliphatic carbocycles. The first-order valence-electron chi connectivity index (χ1n) is 6.09. The van der Waals surface area contributed by atoms with Crippen molar-refractivity contribution in [2.24, 2.45) is 18.4 Å². The lowest BCUT2D eigenvalue weighted by Crippen LogP contribution is -2.40. The van der Waals surface area contributed by atoms with E-state index in [4.69, 9.17) is 4.74 Å². The molecule has 7 heteroatoms. The fourth-order valence-corrected chi connectivity index (χ4v) is 1.67. The molecular weight excluding hydrogens is 248 g/mol. The zero-order valence-corrected chi connectivity index (χ0v) is 11.9. The highest BCUT2D eigenvalue weighted by molar-refractivity contribution is 6.04. The van der Waals surface area contributed by atoms with E-state index < -0.39 is 23.2 Å². The Labute approximate surface area is 112 Å². The number of anilines is 1. The van der Waals surface area contributed by atoms with Crippen molar-refractivity contribution >= 4 is 17.8 Å². The van der Waals surface area contributed by atoms with Gasteiger partial charge in [0.2, 0.25) is 11.9 Å². The second-order valence-corrected chi connectivity index (χ2v) is 5.25. The number of ether oxygens (including phenoxy) is 1. The summed E-state index contributed by atoms with van der Waals surface area (Å²) >= 11 is 0. The maximum Gasteiger partial charge on any atom is 0.319 e. The van der Waals surface area contributed by atoms with E-state index in [1.807, 2.05) is 20.8 Å². The van der Waals surface area contributed by atoms with Crippen LogP contribution in [0.4, 0.5) is 5.95 Å². The molecule has 1 aromatic rings. The zero-order valence-electron chi connectivity index (χ0n) is 11.9. The minimum Gasteiger partial charge on any atom is -0.465 e. The van der Waals surface area contributed by atoms with Crippen molar-refractivity contribution in [3.8, 4) is 0 Å². The monoisotopic (exact) mass is 268 g/mol. The van der Waals surface area contributed by atoms with Crippen molar-refractivity contribution < 1.29 is 14.3 Å². The van der Waals surface area contributed by atoms with E-state index in [0.29, 0.717) is 5.95 Å². The first kappa shape index (κ1) is 15.1. The van der Waals surface area contributed by atoms with E-state index in [0.717, 1.165) is 0 Å². The van der Waals surface area contributed by atoms with Crippen LogP contribution in [0.15, 0.2) is 6.33 Å². The second-order valence-electron chi connectivity index (χ2n) is 5.25. The minimum absolute atomic E-state index is 0.239. The van der Waals surface area contributed by atoms with Gasteiger partial charge in [-0.1, -0.05) is 20.8 Å². The quantitative estimate of drug-likeness (QED) is 0.649. The molecule has 0 aliphatic rings. The molecule has 0 saturated heterocycles. The molecule has 0 aromatic carbocycles. The topological polar surface area (TPSA) is 86.1 Å². The highest BCUT2D eigenvalue weighted by Gasteiger charge is 2.39. The molecule has 0 bridgehead atoms. The predicted octanol–water partition coefficient (Wildman–Crippen LogP) is 0.979. The van der Waals surface area contributed by atoms with Crippen LogP contribution in [0.1, 0.15) is 27.7 Å². The van der Waals surface area contributed by atoms with Crippen LogP contribution in [0, 0.1) is 11.3 Å². The first-order chi connectivity index (χ1) is 8.77. The van der Waals surface area contributed by atoms with Gasteiger partial charge in [0.1, 0.15) is 12.2 Å². The number of nitrogens with one attached hydrogen (secondary N) is 1. The van der Waals surface area contributed by atoms with Crippen LogP contribution in [0.2, 0.25) is 0 Å². The molecule has 0 spiro atoms. The van der Waals surface area contributed by atoms with Crippen LogP contribution in [-0.2, 0) is 21.4 Å². The van der Waals surface area contributed by atoms with Gasteiger partial charge in [-0.2, -0.15) is 10.1 Å². The summed E-state index contributed by atoms with van der Waals surface area (Å²) in [4.78, 5) is 28.0. The number of hydrogen-bond acceptors (Lipinski definition) is 5. The van der Waals surface area contributed by atoms with Crippen molar-refractivity contribution in [1.29, 1.82) is 0 Å². The Balaban J connectivity index is 2.90. The summed E-state index contributed by atoms with van der Waals surface area (Å²) in [5.74, 6) is -1.58. The maximum absolute atomic E-state index is 12.2. The van der Waals surface area contributed by atoms with Gasteiger partial charge in [0.15, 0.2) is 0 Å². The number of esters is 1. The van der Waals surface area contributed by atoms with Crippen LogP contribution in [0.3, 0.4) is 0 Å². The fraction of sp³-hybridized carbons (Fsp3) is 0.667. The Kier molecular flexibility index (Phi) is 4.63. The Bertz CT molecular complexity index is 462. The summed E-state index contributed by atoms with van der Waals surface area (Å²) in [6.07, 6.45) is 1.33. The van der Waals surface area contributed by atoms with Gasteiger partial charge in [-0.25, -0.2) is 4.68 Å². The Hall–Kier alpha value is -1.92. The molecular formula is C12H20N4O3. The molecule has 0 fully saturated rings. The Morgan fingerprint density at radius 2 is 2.11 bits per heavy atom. The van der Waals surface area contributed by atoms with Crippen molar-refractivity contribution in [2.75, 3.05) is 11.9 Å². The van der Waals surface area contributed by atoms with Crippen LogP contribution < -0.4 is 5.32 Å².